The van der Waals surface area contributed by atoms with Crippen molar-refractivity contribution in [3.63, 3.8) is 0 Å². The molecular formula is C19H17N3S. The molecule has 23 heavy (non-hydrogen) atoms. The Balaban J connectivity index is 1.48. The summed E-state index contributed by atoms with van der Waals surface area (Å²) in [7, 11) is 0. The molecule has 2 aromatic carbocycles. The van der Waals surface area contributed by atoms with Gasteiger partial charge in [-0.1, -0.05) is 60.7 Å². The molecule has 1 aromatic heterocycles. The Morgan fingerprint density at radius 2 is 1.74 bits per heavy atom. The number of fused-ring (bicyclic) bond motifs is 1. The third-order valence-corrected chi connectivity index (χ3v) is 4.71. The van der Waals surface area contributed by atoms with Crippen LogP contribution in [0.25, 0.3) is 17.0 Å². The molecule has 0 aliphatic heterocycles. The molecule has 3 aromatic rings. The van der Waals surface area contributed by atoms with Crippen molar-refractivity contribution >= 4 is 22.2 Å². The molecule has 1 aliphatic rings. The van der Waals surface area contributed by atoms with Gasteiger partial charge in [-0.05, 0) is 18.4 Å². The number of hydrogen-bond donors (Lipinski definition) is 2. The number of nitrogens with one attached hydrogen (secondary N) is 2. The number of allylic oxidation sites excluding steroid dienone is 1. The van der Waals surface area contributed by atoms with E-state index in [2.05, 4.69) is 63.7 Å². The van der Waals surface area contributed by atoms with Gasteiger partial charge in [-0.3, -0.25) is 10.9 Å². The molecule has 3 nitrogen and oxygen atoms in total. The van der Waals surface area contributed by atoms with Gasteiger partial charge >= 0.3 is 0 Å². The lowest BCUT2D eigenvalue weighted by Gasteiger charge is -2.19. The second-order valence-corrected chi connectivity index (χ2v) is 6.33. The van der Waals surface area contributed by atoms with E-state index in [1.54, 1.807) is 11.3 Å². The summed E-state index contributed by atoms with van der Waals surface area (Å²) in [4.78, 5) is 4.64. The maximum Gasteiger partial charge on any atom is 0.202 e. The standard InChI is InChI=1S/C19H17N3S/c1-2-8-15(9-3-1)18-13-23-19(20-18)22-21-17-12-6-10-14-7-4-5-11-16(14)17/h1-5,7-9,11-13,21H,6,10H2,(H,20,22). The molecule has 4 heteroatoms. The monoisotopic (exact) mass is 319 g/mol. The lowest BCUT2D eigenvalue weighted by atomic mass is 9.95. The molecular weight excluding hydrogens is 302 g/mol. The zero-order chi connectivity index (χ0) is 15.5. The van der Waals surface area contributed by atoms with Gasteiger partial charge in [0.2, 0.25) is 5.13 Å². The molecule has 0 spiro atoms. The smallest absolute Gasteiger partial charge is 0.202 e. The Bertz CT molecular complexity index is 837. The normalized spacial score (nSPS) is 13.1. The zero-order valence-corrected chi connectivity index (χ0v) is 13.4. The first-order valence-electron chi connectivity index (χ1n) is 7.71. The van der Waals surface area contributed by atoms with E-state index >= 15 is 0 Å². The molecule has 0 radical (unpaired) electrons. The van der Waals surface area contributed by atoms with Crippen molar-refractivity contribution in [1.82, 2.24) is 10.4 Å². The summed E-state index contributed by atoms with van der Waals surface area (Å²) in [6.07, 6.45) is 4.41. The highest BCUT2D eigenvalue weighted by molar-refractivity contribution is 7.14. The summed E-state index contributed by atoms with van der Waals surface area (Å²) in [6.45, 7) is 0. The maximum atomic E-state index is 4.64. The van der Waals surface area contributed by atoms with Crippen LogP contribution in [0.15, 0.2) is 66.1 Å². The minimum absolute atomic E-state index is 0.868. The Labute approximate surface area is 139 Å². The fourth-order valence-electron chi connectivity index (χ4n) is 2.79. The molecule has 0 unspecified atom stereocenters. The van der Waals surface area contributed by atoms with Gasteiger partial charge in [0, 0.05) is 16.5 Å². The first kappa shape index (κ1) is 14.0. The van der Waals surface area contributed by atoms with Gasteiger partial charge in [0.25, 0.3) is 0 Å². The van der Waals surface area contributed by atoms with E-state index in [0.29, 0.717) is 0 Å². The van der Waals surface area contributed by atoms with Crippen molar-refractivity contribution in [2.24, 2.45) is 0 Å². The second-order valence-electron chi connectivity index (χ2n) is 5.47. The SMILES string of the molecule is C1=C(NNc2nc(-c3ccccc3)cs2)c2ccccc2CC1. The van der Waals surface area contributed by atoms with E-state index in [-0.39, 0.29) is 0 Å². The van der Waals surface area contributed by atoms with Gasteiger partial charge in [-0.2, -0.15) is 0 Å². The number of aromatic nitrogens is 1. The number of thiazole rings is 1. The second kappa shape index (κ2) is 6.26. The topological polar surface area (TPSA) is 37.0 Å². The van der Waals surface area contributed by atoms with Crippen LogP contribution in [0.3, 0.4) is 0 Å². The predicted octanol–water partition coefficient (Wildman–Crippen LogP) is 4.71. The number of hydrogen-bond acceptors (Lipinski definition) is 4. The van der Waals surface area contributed by atoms with Crippen molar-refractivity contribution in [1.29, 1.82) is 0 Å². The number of aryl methyl sites for hydroxylation is 1. The first-order valence-corrected chi connectivity index (χ1v) is 8.59. The van der Waals surface area contributed by atoms with Crippen LogP contribution in [0.5, 0.6) is 0 Å². The Morgan fingerprint density at radius 1 is 0.913 bits per heavy atom. The molecule has 0 atom stereocenters. The van der Waals surface area contributed by atoms with Crippen LogP contribution >= 0.6 is 11.3 Å². The quantitative estimate of drug-likeness (QED) is 0.684. The molecule has 4 rings (SSSR count). The Hall–Kier alpha value is -2.59. The van der Waals surface area contributed by atoms with Crippen molar-refractivity contribution in [2.75, 3.05) is 5.43 Å². The Kier molecular flexibility index (Phi) is 3.82. The predicted molar refractivity (Wildman–Crippen MR) is 97.0 cm³/mol. The van der Waals surface area contributed by atoms with Crippen molar-refractivity contribution in [3.8, 4) is 11.3 Å². The van der Waals surface area contributed by atoms with Gasteiger partial charge in [-0.25, -0.2) is 4.98 Å². The molecule has 0 saturated carbocycles. The van der Waals surface area contributed by atoms with Gasteiger partial charge in [0.05, 0.1) is 11.4 Å². The Morgan fingerprint density at radius 3 is 2.65 bits per heavy atom. The molecule has 0 bridgehead atoms. The summed E-state index contributed by atoms with van der Waals surface area (Å²) in [6, 6.07) is 18.8. The molecule has 1 aliphatic carbocycles. The van der Waals surface area contributed by atoms with E-state index in [1.807, 2.05) is 18.2 Å². The minimum Gasteiger partial charge on any atom is -0.299 e. The summed E-state index contributed by atoms with van der Waals surface area (Å²) in [5, 5.41) is 2.94. The lowest BCUT2D eigenvalue weighted by molar-refractivity contribution is 0.940. The van der Waals surface area contributed by atoms with E-state index in [0.717, 1.165) is 34.9 Å². The summed E-state index contributed by atoms with van der Waals surface area (Å²) < 4.78 is 0. The van der Waals surface area contributed by atoms with E-state index in [9.17, 15) is 0 Å². The van der Waals surface area contributed by atoms with Crippen LogP contribution in [0, 0.1) is 0 Å². The van der Waals surface area contributed by atoms with Crippen LogP contribution in [-0.2, 0) is 6.42 Å². The van der Waals surface area contributed by atoms with Crippen LogP contribution in [0.2, 0.25) is 0 Å². The summed E-state index contributed by atoms with van der Waals surface area (Å²) in [5.41, 5.74) is 12.5. The van der Waals surface area contributed by atoms with E-state index < -0.39 is 0 Å². The van der Waals surface area contributed by atoms with E-state index in [4.69, 9.17) is 0 Å². The summed E-state index contributed by atoms with van der Waals surface area (Å²) in [5.74, 6) is 0. The lowest BCUT2D eigenvalue weighted by Crippen LogP contribution is -2.22. The minimum atomic E-state index is 0.868. The highest BCUT2D eigenvalue weighted by Crippen LogP contribution is 2.26. The van der Waals surface area contributed by atoms with Crippen molar-refractivity contribution in [3.05, 3.63) is 77.2 Å². The van der Waals surface area contributed by atoms with E-state index in [1.165, 1.54) is 11.1 Å². The van der Waals surface area contributed by atoms with Crippen LogP contribution in [-0.4, -0.2) is 4.98 Å². The third-order valence-electron chi connectivity index (χ3n) is 3.95. The first-order chi connectivity index (χ1) is 11.4. The van der Waals surface area contributed by atoms with Crippen LogP contribution in [0.4, 0.5) is 5.13 Å². The largest absolute Gasteiger partial charge is 0.299 e. The number of hydrazine groups is 1. The van der Waals surface area contributed by atoms with Crippen molar-refractivity contribution < 1.29 is 0 Å². The highest BCUT2D eigenvalue weighted by atomic mass is 32.1. The molecule has 114 valence electrons. The number of rotatable bonds is 4. The molecule has 2 N–H and O–H groups in total. The molecule has 0 amide bonds. The van der Waals surface area contributed by atoms with Crippen LogP contribution < -0.4 is 10.9 Å². The van der Waals surface area contributed by atoms with Gasteiger partial charge in [-0.15, -0.1) is 11.3 Å². The fraction of sp³-hybridized carbons (Fsp3) is 0.105. The molecule has 0 fully saturated rings. The third kappa shape index (κ3) is 2.98. The van der Waals surface area contributed by atoms with Gasteiger partial charge < -0.3 is 0 Å². The average molecular weight is 319 g/mol. The fourth-order valence-corrected chi connectivity index (χ4v) is 3.47. The summed E-state index contributed by atoms with van der Waals surface area (Å²) >= 11 is 1.60. The zero-order valence-electron chi connectivity index (χ0n) is 12.6. The molecule has 0 saturated heterocycles. The number of nitrogens with zero attached hydrogens (tertiary/aromatic N) is 1. The van der Waals surface area contributed by atoms with Gasteiger partial charge in [0.15, 0.2) is 0 Å². The maximum absolute atomic E-state index is 4.64. The highest BCUT2D eigenvalue weighted by Gasteiger charge is 2.12. The van der Waals surface area contributed by atoms with Crippen molar-refractivity contribution in [2.45, 2.75) is 12.8 Å². The average Bonchev–Trinajstić information content (AvgIpc) is 3.10. The molecule has 1 heterocycles. The van der Waals surface area contributed by atoms with Crippen LogP contribution in [0.1, 0.15) is 17.5 Å². The number of anilines is 1. The number of benzene rings is 2. The van der Waals surface area contributed by atoms with Gasteiger partial charge in [0.1, 0.15) is 0 Å².